The maximum Gasteiger partial charge on any atom is 0.244 e. The normalized spacial score (nSPS) is 16.1. The molecule has 0 radical (unpaired) electrons. The molecule has 1 fully saturated rings. The van der Waals surface area contributed by atoms with Gasteiger partial charge in [-0.15, -0.1) is 11.3 Å². The van der Waals surface area contributed by atoms with Crippen molar-refractivity contribution in [2.75, 3.05) is 0 Å². The largest absolute Gasteiger partial charge is 0.350 e. The molecule has 0 aliphatic heterocycles. The molecular weight excluding hydrogens is 262 g/mol. The number of carbonyl (C=O) groups is 1. The average Bonchev–Trinajstić information content (AvgIpc) is 2.85. The third-order valence-corrected chi connectivity index (χ3v) is 3.51. The molecule has 1 saturated carbocycles. The highest BCUT2D eigenvalue weighted by molar-refractivity contribution is 9.11. The number of amides is 1. The van der Waals surface area contributed by atoms with Gasteiger partial charge in [-0.05, 0) is 47.0 Å². The lowest BCUT2D eigenvalue weighted by Crippen LogP contribution is -2.22. The molecule has 0 aromatic carbocycles. The van der Waals surface area contributed by atoms with Crippen molar-refractivity contribution < 1.29 is 4.79 Å². The van der Waals surface area contributed by atoms with Gasteiger partial charge in [-0.2, -0.15) is 0 Å². The van der Waals surface area contributed by atoms with Gasteiger partial charge in [0.1, 0.15) is 0 Å². The Morgan fingerprint density at radius 1 is 1.57 bits per heavy atom. The summed E-state index contributed by atoms with van der Waals surface area (Å²) in [4.78, 5) is 12.4. The molecule has 14 heavy (non-hydrogen) atoms. The van der Waals surface area contributed by atoms with Crippen LogP contribution in [0, 0.1) is 0 Å². The quantitative estimate of drug-likeness (QED) is 0.842. The Kier molecular flexibility index (Phi) is 3.03. The number of hydrogen-bond acceptors (Lipinski definition) is 2. The fraction of sp³-hybridized carbons (Fsp3) is 0.300. The summed E-state index contributed by atoms with van der Waals surface area (Å²) < 4.78 is 1.08. The first-order valence-corrected chi connectivity index (χ1v) is 6.09. The van der Waals surface area contributed by atoms with Crippen molar-refractivity contribution in [1.29, 1.82) is 0 Å². The molecule has 0 saturated heterocycles. The van der Waals surface area contributed by atoms with Crippen LogP contribution in [0.5, 0.6) is 0 Å². The minimum Gasteiger partial charge on any atom is -0.350 e. The van der Waals surface area contributed by atoms with Crippen molar-refractivity contribution in [2.24, 2.45) is 0 Å². The SMILES string of the molecule is O=C(C=Cc1ccc(Br)s1)NC1CC1. The van der Waals surface area contributed by atoms with E-state index in [0.29, 0.717) is 6.04 Å². The third-order valence-electron chi connectivity index (χ3n) is 1.92. The highest BCUT2D eigenvalue weighted by Crippen LogP contribution is 2.23. The highest BCUT2D eigenvalue weighted by Gasteiger charge is 2.21. The summed E-state index contributed by atoms with van der Waals surface area (Å²) in [5, 5.41) is 2.90. The second-order valence-corrected chi connectivity index (χ2v) is 5.75. The van der Waals surface area contributed by atoms with Crippen molar-refractivity contribution >= 4 is 39.2 Å². The fourth-order valence-electron chi connectivity index (χ4n) is 1.05. The first-order chi connectivity index (χ1) is 6.74. The van der Waals surface area contributed by atoms with Crippen LogP contribution in [0.25, 0.3) is 6.08 Å². The molecular formula is C10H10BrNOS. The van der Waals surface area contributed by atoms with Crippen molar-refractivity contribution in [1.82, 2.24) is 5.32 Å². The van der Waals surface area contributed by atoms with E-state index in [1.54, 1.807) is 17.4 Å². The first kappa shape index (κ1) is 9.93. The smallest absolute Gasteiger partial charge is 0.244 e. The Balaban J connectivity index is 1.88. The predicted octanol–water partition coefficient (Wildman–Crippen LogP) is 2.80. The van der Waals surface area contributed by atoms with Gasteiger partial charge in [0.25, 0.3) is 0 Å². The summed E-state index contributed by atoms with van der Waals surface area (Å²) in [5.41, 5.74) is 0. The van der Waals surface area contributed by atoms with Crippen LogP contribution in [0.3, 0.4) is 0 Å². The zero-order valence-electron chi connectivity index (χ0n) is 7.50. The molecule has 0 spiro atoms. The fourth-order valence-corrected chi connectivity index (χ4v) is 2.38. The van der Waals surface area contributed by atoms with Gasteiger partial charge in [0.05, 0.1) is 3.79 Å². The second kappa shape index (κ2) is 4.28. The van der Waals surface area contributed by atoms with E-state index in [0.717, 1.165) is 21.5 Å². The van der Waals surface area contributed by atoms with Crippen LogP contribution in [0.2, 0.25) is 0 Å². The lowest BCUT2D eigenvalue weighted by molar-refractivity contribution is -0.116. The van der Waals surface area contributed by atoms with Crippen LogP contribution in [-0.4, -0.2) is 11.9 Å². The number of rotatable bonds is 3. The summed E-state index contributed by atoms with van der Waals surface area (Å²) in [6.07, 6.45) is 5.69. The molecule has 1 heterocycles. The van der Waals surface area contributed by atoms with E-state index >= 15 is 0 Å². The van der Waals surface area contributed by atoms with Gasteiger partial charge in [-0.3, -0.25) is 4.79 Å². The Labute approximate surface area is 95.1 Å². The Morgan fingerprint density at radius 2 is 2.36 bits per heavy atom. The van der Waals surface area contributed by atoms with E-state index in [2.05, 4.69) is 21.2 Å². The molecule has 4 heteroatoms. The van der Waals surface area contributed by atoms with Gasteiger partial charge >= 0.3 is 0 Å². The molecule has 0 unspecified atom stereocenters. The zero-order valence-corrected chi connectivity index (χ0v) is 9.90. The topological polar surface area (TPSA) is 29.1 Å². The molecule has 2 rings (SSSR count). The van der Waals surface area contributed by atoms with Gasteiger partial charge < -0.3 is 5.32 Å². The number of thiophene rings is 1. The summed E-state index contributed by atoms with van der Waals surface area (Å²) in [6.45, 7) is 0. The summed E-state index contributed by atoms with van der Waals surface area (Å²) in [5.74, 6) is 0.0111. The van der Waals surface area contributed by atoms with Gasteiger partial charge in [-0.25, -0.2) is 0 Å². The second-order valence-electron chi connectivity index (χ2n) is 3.26. The van der Waals surface area contributed by atoms with Gasteiger partial charge in [-0.1, -0.05) is 0 Å². The molecule has 1 aromatic heterocycles. The van der Waals surface area contributed by atoms with Crippen LogP contribution in [0.4, 0.5) is 0 Å². The lowest BCUT2D eigenvalue weighted by Gasteiger charge is -1.95. The zero-order chi connectivity index (χ0) is 9.97. The van der Waals surface area contributed by atoms with E-state index in [1.165, 1.54) is 0 Å². The van der Waals surface area contributed by atoms with E-state index < -0.39 is 0 Å². The predicted molar refractivity (Wildman–Crippen MR) is 62.2 cm³/mol. The van der Waals surface area contributed by atoms with Crippen LogP contribution >= 0.6 is 27.3 Å². The van der Waals surface area contributed by atoms with Crippen molar-refractivity contribution in [2.45, 2.75) is 18.9 Å². The maximum atomic E-state index is 11.3. The standard InChI is InChI=1S/C10H10BrNOS/c11-9-5-3-8(14-9)4-6-10(13)12-7-1-2-7/h3-7H,1-2H2,(H,12,13). The molecule has 1 N–H and O–H groups in total. The number of hydrogen-bond donors (Lipinski definition) is 1. The van der Waals surface area contributed by atoms with Crippen LogP contribution < -0.4 is 5.32 Å². The molecule has 1 amide bonds. The van der Waals surface area contributed by atoms with E-state index in [4.69, 9.17) is 0 Å². The van der Waals surface area contributed by atoms with Crippen LogP contribution in [-0.2, 0) is 4.79 Å². The molecule has 0 atom stereocenters. The molecule has 2 nitrogen and oxygen atoms in total. The number of nitrogens with one attached hydrogen (secondary N) is 1. The highest BCUT2D eigenvalue weighted by atomic mass is 79.9. The Hall–Kier alpha value is -0.610. The van der Waals surface area contributed by atoms with Gasteiger partial charge in [0, 0.05) is 17.0 Å². The Bertz CT molecular complexity index is 368. The van der Waals surface area contributed by atoms with E-state index in [1.807, 2.05) is 18.2 Å². The third kappa shape index (κ3) is 2.96. The molecule has 74 valence electrons. The lowest BCUT2D eigenvalue weighted by atomic mass is 10.4. The van der Waals surface area contributed by atoms with Gasteiger partial charge in [0.2, 0.25) is 5.91 Å². The van der Waals surface area contributed by atoms with Crippen LogP contribution in [0.15, 0.2) is 22.0 Å². The average molecular weight is 272 g/mol. The minimum absolute atomic E-state index is 0.0111. The van der Waals surface area contributed by atoms with Crippen LogP contribution in [0.1, 0.15) is 17.7 Å². The Morgan fingerprint density at radius 3 is 2.93 bits per heavy atom. The molecule has 1 aliphatic rings. The number of carbonyl (C=O) groups excluding carboxylic acids is 1. The van der Waals surface area contributed by atoms with Crippen molar-refractivity contribution in [3.63, 3.8) is 0 Å². The van der Waals surface area contributed by atoms with E-state index in [-0.39, 0.29) is 5.91 Å². The minimum atomic E-state index is 0.0111. The maximum absolute atomic E-state index is 11.3. The summed E-state index contributed by atoms with van der Waals surface area (Å²) >= 11 is 4.99. The molecule has 0 bridgehead atoms. The van der Waals surface area contributed by atoms with Crippen molar-refractivity contribution in [3.05, 3.63) is 26.9 Å². The van der Waals surface area contributed by atoms with E-state index in [9.17, 15) is 4.79 Å². The molecule has 1 aromatic rings. The number of halogens is 1. The summed E-state index contributed by atoms with van der Waals surface area (Å²) in [7, 11) is 0. The van der Waals surface area contributed by atoms with Gasteiger partial charge in [0.15, 0.2) is 0 Å². The molecule has 1 aliphatic carbocycles. The first-order valence-electron chi connectivity index (χ1n) is 4.48. The van der Waals surface area contributed by atoms with Crippen molar-refractivity contribution in [3.8, 4) is 0 Å². The summed E-state index contributed by atoms with van der Waals surface area (Å²) in [6, 6.07) is 4.39. The monoisotopic (exact) mass is 271 g/mol.